The minimum absolute atomic E-state index is 0.0760. The number of esters is 1. The van der Waals surface area contributed by atoms with Crippen LogP contribution in [-0.2, 0) is 16.0 Å². The third-order valence-electron chi connectivity index (χ3n) is 3.98. The maximum atomic E-state index is 13.3. The van der Waals surface area contributed by atoms with Crippen LogP contribution in [-0.4, -0.2) is 25.0 Å². The van der Waals surface area contributed by atoms with E-state index in [1.54, 1.807) is 0 Å². The van der Waals surface area contributed by atoms with Gasteiger partial charge in [0.05, 0.1) is 7.11 Å². The summed E-state index contributed by atoms with van der Waals surface area (Å²) >= 11 is 0. The summed E-state index contributed by atoms with van der Waals surface area (Å²) < 4.78 is 31.0. The Bertz CT molecular complexity index is 805. The first kappa shape index (κ1) is 18.6. The van der Waals surface area contributed by atoms with Gasteiger partial charge in [-0.2, -0.15) is 0 Å². The van der Waals surface area contributed by atoms with Crippen LogP contribution < -0.4 is 5.32 Å². The molecule has 2 rings (SSSR count). The molecule has 25 heavy (non-hydrogen) atoms. The summed E-state index contributed by atoms with van der Waals surface area (Å²) in [6.45, 7) is 3.92. The monoisotopic (exact) mass is 347 g/mol. The van der Waals surface area contributed by atoms with Crippen LogP contribution in [0.5, 0.6) is 0 Å². The molecule has 0 aliphatic rings. The number of hydrogen-bond acceptors (Lipinski definition) is 3. The summed E-state index contributed by atoms with van der Waals surface area (Å²) in [6, 6.07) is 7.58. The lowest BCUT2D eigenvalue weighted by atomic mass is 10.0. The van der Waals surface area contributed by atoms with Crippen molar-refractivity contribution in [1.82, 2.24) is 5.32 Å². The van der Waals surface area contributed by atoms with Gasteiger partial charge in [0.1, 0.15) is 6.04 Å². The van der Waals surface area contributed by atoms with E-state index in [-0.39, 0.29) is 12.0 Å². The maximum absolute atomic E-state index is 13.3. The highest BCUT2D eigenvalue weighted by atomic mass is 19.2. The van der Waals surface area contributed by atoms with Crippen LogP contribution in [0.25, 0.3) is 0 Å². The molecule has 2 aromatic rings. The van der Waals surface area contributed by atoms with Crippen molar-refractivity contribution in [1.29, 1.82) is 0 Å². The highest BCUT2D eigenvalue weighted by molar-refractivity contribution is 5.96. The highest BCUT2D eigenvalue weighted by Crippen LogP contribution is 2.13. The van der Waals surface area contributed by atoms with Gasteiger partial charge < -0.3 is 10.1 Å². The van der Waals surface area contributed by atoms with Crippen molar-refractivity contribution in [2.75, 3.05) is 7.11 Å². The summed E-state index contributed by atoms with van der Waals surface area (Å²) in [7, 11) is 1.22. The number of aryl methyl sites for hydroxylation is 2. The fourth-order valence-electron chi connectivity index (χ4n) is 2.38. The first-order chi connectivity index (χ1) is 11.8. The van der Waals surface area contributed by atoms with Crippen LogP contribution in [0.1, 0.15) is 27.0 Å². The SMILES string of the molecule is COC(=O)[C@@H](Cc1ccc(C)c(C)c1)NC(=O)c1ccc(F)c(F)c1. The normalized spacial score (nSPS) is 11.7. The van der Waals surface area contributed by atoms with Crippen molar-refractivity contribution < 1.29 is 23.1 Å². The molecule has 0 saturated heterocycles. The van der Waals surface area contributed by atoms with Crippen LogP contribution in [0, 0.1) is 25.5 Å². The van der Waals surface area contributed by atoms with Crippen LogP contribution in [0.2, 0.25) is 0 Å². The fraction of sp³-hybridized carbons (Fsp3) is 0.263. The van der Waals surface area contributed by atoms with Crippen LogP contribution in [0.15, 0.2) is 36.4 Å². The number of hydrogen-bond donors (Lipinski definition) is 1. The van der Waals surface area contributed by atoms with E-state index in [9.17, 15) is 18.4 Å². The van der Waals surface area contributed by atoms with Gasteiger partial charge in [-0.3, -0.25) is 4.79 Å². The Labute approximate surface area is 144 Å². The van der Waals surface area contributed by atoms with Gasteiger partial charge in [-0.25, -0.2) is 13.6 Å². The largest absolute Gasteiger partial charge is 0.467 e. The van der Waals surface area contributed by atoms with E-state index in [0.717, 1.165) is 34.9 Å². The molecular formula is C19H19F2NO3. The Kier molecular flexibility index (Phi) is 5.85. The van der Waals surface area contributed by atoms with E-state index in [4.69, 9.17) is 4.74 Å². The maximum Gasteiger partial charge on any atom is 0.328 e. The number of rotatable bonds is 5. The second-order valence-electron chi connectivity index (χ2n) is 5.80. The lowest BCUT2D eigenvalue weighted by molar-refractivity contribution is -0.142. The molecule has 0 aliphatic heterocycles. The fourth-order valence-corrected chi connectivity index (χ4v) is 2.38. The van der Waals surface area contributed by atoms with Crippen molar-refractivity contribution in [3.8, 4) is 0 Å². The van der Waals surface area contributed by atoms with Crippen LogP contribution in [0.4, 0.5) is 8.78 Å². The molecule has 1 N–H and O–H groups in total. The summed E-state index contributed by atoms with van der Waals surface area (Å²) in [5.41, 5.74) is 2.95. The topological polar surface area (TPSA) is 55.4 Å². The van der Waals surface area contributed by atoms with E-state index in [1.807, 2.05) is 32.0 Å². The molecule has 1 amide bonds. The zero-order chi connectivity index (χ0) is 18.6. The second kappa shape index (κ2) is 7.88. The number of amides is 1. The Balaban J connectivity index is 2.19. The first-order valence-electron chi connectivity index (χ1n) is 7.71. The number of benzene rings is 2. The van der Waals surface area contributed by atoms with Gasteiger partial charge in [0.2, 0.25) is 0 Å². The number of nitrogens with one attached hydrogen (secondary N) is 1. The molecule has 0 aromatic heterocycles. The summed E-state index contributed by atoms with van der Waals surface area (Å²) in [4.78, 5) is 24.2. The van der Waals surface area contributed by atoms with Gasteiger partial charge in [0.15, 0.2) is 11.6 Å². The lowest BCUT2D eigenvalue weighted by Crippen LogP contribution is -2.43. The molecule has 4 nitrogen and oxygen atoms in total. The third-order valence-corrected chi connectivity index (χ3v) is 3.98. The van der Waals surface area contributed by atoms with Crippen LogP contribution >= 0.6 is 0 Å². The summed E-state index contributed by atoms with van der Waals surface area (Å²) in [5.74, 6) is -3.47. The molecule has 132 valence electrons. The second-order valence-corrected chi connectivity index (χ2v) is 5.80. The highest BCUT2D eigenvalue weighted by Gasteiger charge is 2.23. The van der Waals surface area contributed by atoms with Gasteiger partial charge >= 0.3 is 5.97 Å². The average Bonchev–Trinajstić information content (AvgIpc) is 2.59. The third kappa shape index (κ3) is 4.62. The van der Waals surface area contributed by atoms with Gasteiger partial charge in [-0.1, -0.05) is 18.2 Å². The Morgan fingerprint density at radius 3 is 2.36 bits per heavy atom. The van der Waals surface area contributed by atoms with Crippen molar-refractivity contribution >= 4 is 11.9 Å². The average molecular weight is 347 g/mol. The minimum Gasteiger partial charge on any atom is -0.467 e. The molecule has 1 atom stereocenters. The zero-order valence-electron chi connectivity index (χ0n) is 14.2. The van der Waals surface area contributed by atoms with E-state index in [2.05, 4.69) is 5.32 Å². The van der Waals surface area contributed by atoms with E-state index >= 15 is 0 Å². The van der Waals surface area contributed by atoms with Gasteiger partial charge in [0, 0.05) is 12.0 Å². The molecule has 0 spiro atoms. The number of carbonyl (C=O) groups excluding carboxylic acids is 2. The van der Waals surface area contributed by atoms with E-state index in [0.29, 0.717) is 0 Å². The standard InChI is InChI=1S/C19H19F2NO3/c1-11-4-5-13(8-12(11)2)9-17(19(24)25-3)22-18(23)14-6-7-15(20)16(21)10-14/h4-8,10,17H,9H2,1-3H3,(H,22,23)/t17-/m1/s1. The van der Waals surface area contributed by atoms with E-state index in [1.165, 1.54) is 7.11 Å². The van der Waals surface area contributed by atoms with Gasteiger partial charge in [-0.15, -0.1) is 0 Å². The van der Waals surface area contributed by atoms with E-state index < -0.39 is 29.6 Å². The van der Waals surface area contributed by atoms with Crippen molar-refractivity contribution in [2.45, 2.75) is 26.3 Å². The lowest BCUT2D eigenvalue weighted by Gasteiger charge is -2.17. The summed E-state index contributed by atoms with van der Waals surface area (Å²) in [6.07, 6.45) is 0.225. The number of ether oxygens (including phenoxy) is 1. The number of methoxy groups -OCH3 is 1. The molecule has 0 bridgehead atoms. The van der Waals surface area contributed by atoms with Crippen molar-refractivity contribution in [3.63, 3.8) is 0 Å². The smallest absolute Gasteiger partial charge is 0.328 e. The number of carbonyl (C=O) groups is 2. The predicted molar refractivity (Wildman–Crippen MR) is 89.2 cm³/mol. The molecule has 0 heterocycles. The van der Waals surface area contributed by atoms with Gasteiger partial charge in [0.25, 0.3) is 5.91 Å². The molecule has 0 unspecified atom stereocenters. The zero-order valence-corrected chi connectivity index (χ0v) is 14.2. The minimum atomic E-state index is -1.13. The molecule has 0 fully saturated rings. The first-order valence-corrected chi connectivity index (χ1v) is 7.71. The predicted octanol–water partition coefficient (Wildman–Crippen LogP) is 3.10. The Morgan fingerprint density at radius 2 is 1.76 bits per heavy atom. The molecule has 2 aromatic carbocycles. The molecule has 0 aliphatic carbocycles. The van der Waals surface area contributed by atoms with Crippen LogP contribution in [0.3, 0.4) is 0 Å². The Hall–Kier alpha value is -2.76. The molecular weight excluding hydrogens is 328 g/mol. The molecule has 6 heteroatoms. The quantitative estimate of drug-likeness (QED) is 0.846. The Morgan fingerprint density at radius 1 is 1.04 bits per heavy atom. The molecule has 0 saturated carbocycles. The number of halogens is 2. The summed E-state index contributed by atoms with van der Waals surface area (Å²) in [5, 5.41) is 2.51. The van der Waals surface area contributed by atoms with Crippen molar-refractivity contribution in [3.05, 3.63) is 70.3 Å². The van der Waals surface area contributed by atoms with Crippen molar-refractivity contribution in [2.24, 2.45) is 0 Å². The molecule has 0 radical (unpaired) electrons. The van der Waals surface area contributed by atoms with Gasteiger partial charge in [-0.05, 0) is 48.7 Å².